The highest BCUT2D eigenvalue weighted by Gasteiger charge is 2.26. The van der Waals surface area contributed by atoms with Gasteiger partial charge in [0.1, 0.15) is 6.61 Å². The van der Waals surface area contributed by atoms with Crippen molar-refractivity contribution >= 4 is 19.8 Å². The average Bonchev–Trinajstić information content (AvgIpc) is 3.16. The van der Waals surface area contributed by atoms with Crippen molar-refractivity contribution < 1.29 is 37.6 Å². The van der Waals surface area contributed by atoms with Crippen LogP contribution in [-0.4, -0.2) is 49.3 Å². The van der Waals surface area contributed by atoms with Gasteiger partial charge < -0.3 is 20.1 Å². The van der Waals surface area contributed by atoms with Gasteiger partial charge in [0, 0.05) is 19.4 Å². The summed E-state index contributed by atoms with van der Waals surface area (Å²) >= 11 is 0. The van der Waals surface area contributed by atoms with Gasteiger partial charge in [-0.1, -0.05) is 172 Å². The van der Waals surface area contributed by atoms with Gasteiger partial charge in [0.2, 0.25) is 0 Å². The van der Waals surface area contributed by atoms with Crippen LogP contribution in [0.2, 0.25) is 0 Å². The number of hydrogen-bond acceptors (Lipinski definition) is 8. The molecular weight excluding hydrogens is 701 g/mol. The SMILES string of the molecule is CCCCCCC/C=C\C/C=C\C/C=C\CCCCCCCCCCCCC(=O)OC(COC(=O)CCCCCCCCCC)COP(=O)(O)OCCN. The maximum absolute atomic E-state index is 12.6. The Morgan fingerprint density at radius 2 is 0.963 bits per heavy atom. The van der Waals surface area contributed by atoms with Gasteiger partial charge in [0.25, 0.3) is 0 Å². The summed E-state index contributed by atoms with van der Waals surface area (Å²) < 4.78 is 32.7. The molecule has 0 bridgehead atoms. The highest BCUT2D eigenvalue weighted by molar-refractivity contribution is 7.47. The smallest absolute Gasteiger partial charge is 0.462 e. The number of hydrogen-bond donors (Lipinski definition) is 2. The van der Waals surface area contributed by atoms with E-state index in [4.69, 9.17) is 24.3 Å². The van der Waals surface area contributed by atoms with E-state index in [1.54, 1.807) is 0 Å². The molecule has 3 N–H and O–H groups in total. The van der Waals surface area contributed by atoms with Crippen LogP contribution in [0.4, 0.5) is 0 Å². The van der Waals surface area contributed by atoms with Crippen molar-refractivity contribution in [1.29, 1.82) is 0 Å². The van der Waals surface area contributed by atoms with Gasteiger partial charge in [-0.05, 0) is 51.4 Å². The predicted octanol–water partition coefficient (Wildman–Crippen LogP) is 12.6. The minimum atomic E-state index is -4.37. The van der Waals surface area contributed by atoms with E-state index >= 15 is 0 Å². The average molecular weight is 784 g/mol. The summed E-state index contributed by atoms with van der Waals surface area (Å²) in [6.07, 6.45) is 44.8. The van der Waals surface area contributed by atoms with Crippen molar-refractivity contribution in [2.45, 2.75) is 206 Å². The lowest BCUT2D eigenvalue weighted by atomic mass is 10.0. The first-order valence-electron chi connectivity index (χ1n) is 22.0. The molecule has 10 heteroatoms. The number of rotatable bonds is 41. The summed E-state index contributed by atoms with van der Waals surface area (Å²) in [6, 6.07) is 0. The summed E-state index contributed by atoms with van der Waals surface area (Å²) in [4.78, 5) is 34.7. The maximum Gasteiger partial charge on any atom is 0.472 e. The van der Waals surface area contributed by atoms with E-state index < -0.39 is 26.5 Å². The number of carbonyl (C=O) groups excluding carboxylic acids is 2. The second kappa shape index (κ2) is 40.9. The molecule has 54 heavy (non-hydrogen) atoms. The third-order valence-corrected chi connectivity index (χ3v) is 10.3. The number of allylic oxidation sites excluding steroid dienone is 6. The van der Waals surface area contributed by atoms with Crippen LogP contribution in [-0.2, 0) is 32.7 Å². The highest BCUT2D eigenvalue weighted by atomic mass is 31.2. The van der Waals surface area contributed by atoms with Gasteiger partial charge in [0.15, 0.2) is 6.10 Å². The molecule has 0 aromatic rings. The van der Waals surface area contributed by atoms with Crippen molar-refractivity contribution in [3.63, 3.8) is 0 Å². The Labute approximate surface area is 331 Å². The second-order valence-electron chi connectivity index (χ2n) is 14.6. The summed E-state index contributed by atoms with van der Waals surface area (Å²) in [5.74, 6) is -0.835. The van der Waals surface area contributed by atoms with Gasteiger partial charge in [-0.25, -0.2) is 4.57 Å². The van der Waals surface area contributed by atoms with Gasteiger partial charge >= 0.3 is 19.8 Å². The molecule has 0 fully saturated rings. The topological polar surface area (TPSA) is 134 Å². The largest absolute Gasteiger partial charge is 0.472 e. The number of nitrogens with two attached hydrogens (primary N) is 1. The van der Waals surface area contributed by atoms with Crippen LogP contribution in [0.1, 0.15) is 200 Å². The summed E-state index contributed by atoms with van der Waals surface area (Å²) in [5, 5.41) is 0. The Bertz CT molecular complexity index is 986. The standard InChI is InChI=1S/C44H82NO8P/c1-3-5-7-9-11-13-14-15-16-17-18-19-20-21-22-23-24-25-26-27-28-29-31-33-35-37-44(47)53-42(41-52-54(48,49)51-39-38-45)40-50-43(46)36-34-32-30-12-10-8-6-4-2/h14-15,17-18,20-21,42H,3-13,16,19,22-41,45H2,1-2H3,(H,48,49)/b15-14-,18-17-,21-20-. The van der Waals surface area contributed by atoms with Gasteiger partial charge in [0.05, 0.1) is 13.2 Å². The fourth-order valence-corrected chi connectivity index (χ4v) is 6.76. The second-order valence-corrected chi connectivity index (χ2v) is 16.0. The fraction of sp³-hybridized carbons (Fsp3) is 0.818. The van der Waals surface area contributed by atoms with Crippen LogP contribution in [0.15, 0.2) is 36.5 Å². The first kappa shape index (κ1) is 52.2. The molecule has 0 heterocycles. The van der Waals surface area contributed by atoms with Crippen molar-refractivity contribution in [1.82, 2.24) is 0 Å². The minimum absolute atomic E-state index is 0.0531. The molecule has 2 unspecified atom stereocenters. The Hall–Kier alpha value is -1.77. The van der Waals surface area contributed by atoms with Crippen LogP contribution < -0.4 is 5.73 Å². The number of carbonyl (C=O) groups is 2. The van der Waals surface area contributed by atoms with Crippen molar-refractivity contribution in [2.75, 3.05) is 26.4 Å². The molecule has 0 rings (SSSR count). The quantitative estimate of drug-likeness (QED) is 0.0269. The van der Waals surface area contributed by atoms with Crippen LogP contribution in [0.3, 0.4) is 0 Å². The minimum Gasteiger partial charge on any atom is -0.462 e. The molecule has 0 spiro atoms. The van der Waals surface area contributed by atoms with E-state index in [2.05, 4.69) is 50.3 Å². The normalized spacial score (nSPS) is 13.6. The third kappa shape index (κ3) is 39.9. The summed E-state index contributed by atoms with van der Waals surface area (Å²) in [5.41, 5.74) is 5.33. The van der Waals surface area contributed by atoms with Crippen LogP contribution >= 0.6 is 7.82 Å². The number of esters is 2. The zero-order valence-electron chi connectivity index (χ0n) is 34.7. The van der Waals surface area contributed by atoms with Gasteiger partial charge in [-0.2, -0.15) is 0 Å². The summed E-state index contributed by atoms with van der Waals surface area (Å²) in [6.45, 7) is 3.68. The van der Waals surface area contributed by atoms with Crippen molar-refractivity contribution in [3.8, 4) is 0 Å². The molecule has 0 aromatic heterocycles. The maximum atomic E-state index is 12.6. The highest BCUT2D eigenvalue weighted by Crippen LogP contribution is 2.43. The number of phosphoric ester groups is 1. The number of ether oxygens (including phenoxy) is 2. The molecule has 9 nitrogen and oxygen atoms in total. The zero-order valence-corrected chi connectivity index (χ0v) is 35.6. The van der Waals surface area contributed by atoms with E-state index in [0.717, 1.165) is 57.8 Å². The Morgan fingerprint density at radius 3 is 1.43 bits per heavy atom. The molecule has 0 aliphatic heterocycles. The molecular formula is C44H82NO8P. The summed E-state index contributed by atoms with van der Waals surface area (Å²) in [7, 11) is -4.37. The van der Waals surface area contributed by atoms with Crippen LogP contribution in [0.25, 0.3) is 0 Å². The lowest BCUT2D eigenvalue weighted by Gasteiger charge is -2.19. The van der Waals surface area contributed by atoms with Crippen molar-refractivity contribution in [3.05, 3.63) is 36.5 Å². The third-order valence-electron chi connectivity index (χ3n) is 9.28. The molecule has 0 radical (unpaired) electrons. The zero-order chi connectivity index (χ0) is 39.6. The Morgan fingerprint density at radius 1 is 0.556 bits per heavy atom. The van der Waals surface area contributed by atoms with Crippen LogP contribution in [0, 0.1) is 0 Å². The van der Waals surface area contributed by atoms with E-state index in [1.807, 2.05) is 0 Å². The van der Waals surface area contributed by atoms with E-state index in [0.29, 0.717) is 6.42 Å². The molecule has 0 aliphatic rings. The number of phosphoric acid groups is 1. The molecule has 0 saturated carbocycles. The first-order valence-corrected chi connectivity index (χ1v) is 23.5. The lowest BCUT2D eigenvalue weighted by molar-refractivity contribution is -0.161. The molecule has 2 atom stereocenters. The Kier molecular flexibility index (Phi) is 39.5. The first-order chi connectivity index (χ1) is 26.3. The number of unbranched alkanes of at least 4 members (excludes halogenated alkanes) is 22. The Balaban J connectivity index is 4.01. The van der Waals surface area contributed by atoms with Crippen LogP contribution in [0.5, 0.6) is 0 Å². The van der Waals surface area contributed by atoms with E-state index in [9.17, 15) is 19.0 Å². The van der Waals surface area contributed by atoms with Gasteiger partial charge in [-0.3, -0.25) is 18.6 Å². The molecule has 316 valence electrons. The molecule has 0 aliphatic carbocycles. The predicted molar refractivity (Wildman–Crippen MR) is 224 cm³/mol. The van der Waals surface area contributed by atoms with Crippen molar-refractivity contribution in [2.24, 2.45) is 5.73 Å². The lowest BCUT2D eigenvalue weighted by Crippen LogP contribution is -2.29. The van der Waals surface area contributed by atoms with Gasteiger partial charge in [-0.15, -0.1) is 0 Å². The molecule has 0 saturated heterocycles. The fourth-order valence-electron chi connectivity index (χ4n) is 5.99. The van der Waals surface area contributed by atoms with E-state index in [-0.39, 0.29) is 38.6 Å². The van der Waals surface area contributed by atoms with E-state index in [1.165, 1.54) is 109 Å². The monoisotopic (exact) mass is 784 g/mol. The molecule has 0 aromatic carbocycles. The molecule has 0 amide bonds.